The van der Waals surface area contributed by atoms with Gasteiger partial charge in [-0.05, 0) is 38.0 Å². The molecule has 0 aromatic heterocycles. The molecule has 11 heavy (non-hydrogen) atoms. The van der Waals surface area contributed by atoms with E-state index in [9.17, 15) is 0 Å². The van der Waals surface area contributed by atoms with E-state index in [1.807, 2.05) is 0 Å². The third-order valence-corrected chi connectivity index (χ3v) is 2.51. The Balaban J connectivity index is 2.13. The molecule has 63 valence electrons. The fraction of sp³-hybridized carbons (Fsp3) is 0.727. The molecule has 0 heterocycles. The van der Waals surface area contributed by atoms with Gasteiger partial charge in [-0.2, -0.15) is 0 Å². The van der Waals surface area contributed by atoms with Gasteiger partial charge in [0.2, 0.25) is 0 Å². The molecule has 0 N–H and O–H groups in total. The van der Waals surface area contributed by atoms with Crippen molar-refractivity contribution in [3.63, 3.8) is 0 Å². The van der Waals surface area contributed by atoms with Crippen LogP contribution in [0.25, 0.3) is 0 Å². The first kappa shape index (κ1) is 8.83. The van der Waals surface area contributed by atoms with Crippen LogP contribution >= 0.6 is 0 Å². The van der Waals surface area contributed by atoms with Gasteiger partial charge in [-0.3, -0.25) is 0 Å². The van der Waals surface area contributed by atoms with Gasteiger partial charge in [0.15, 0.2) is 0 Å². The van der Waals surface area contributed by atoms with Crippen LogP contribution in [0.3, 0.4) is 0 Å². The summed E-state index contributed by atoms with van der Waals surface area (Å²) in [4.78, 5) is 0. The maximum absolute atomic E-state index is 2.34. The molecule has 0 bridgehead atoms. The maximum atomic E-state index is 2.34. The molecular weight excluding hydrogens is 132 g/mol. The van der Waals surface area contributed by atoms with Crippen molar-refractivity contribution >= 4 is 0 Å². The summed E-state index contributed by atoms with van der Waals surface area (Å²) >= 11 is 0. The Hall–Kier alpha value is -0.260. The number of unbranched alkanes of at least 4 members (excludes halogenated alkanes) is 1. The molecule has 1 rings (SSSR count). The van der Waals surface area contributed by atoms with Gasteiger partial charge in [-0.25, -0.2) is 0 Å². The van der Waals surface area contributed by atoms with Crippen LogP contribution in [0.5, 0.6) is 0 Å². The minimum absolute atomic E-state index is 1.00. The van der Waals surface area contributed by atoms with E-state index in [1.54, 1.807) is 0 Å². The van der Waals surface area contributed by atoms with Crippen molar-refractivity contribution < 1.29 is 0 Å². The van der Waals surface area contributed by atoms with E-state index in [4.69, 9.17) is 0 Å². The molecule has 0 aliphatic heterocycles. The summed E-state index contributed by atoms with van der Waals surface area (Å²) in [5.74, 6) is 1.00. The first-order valence-electron chi connectivity index (χ1n) is 4.86. The Morgan fingerprint density at radius 2 is 1.91 bits per heavy atom. The zero-order chi connectivity index (χ0) is 7.94. The van der Waals surface area contributed by atoms with Crippen LogP contribution in [0.4, 0.5) is 0 Å². The molecule has 1 aliphatic rings. The first-order chi connectivity index (χ1) is 5.43. The molecule has 0 fully saturated rings. The fourth-order valence-electron chi connectivity index (χ4n) is 1.73. The number of hydrogen-bond acceptors (Lipinski definition) is 0. The largest absolute Gasteiger partial charge is 0.0885 e. The predicted molar refractivity (Wildman–Crippen MR) is 50.3 cm³/mol. The van der Waals surface area contributed by atoms with Gasteiger partial charge in [0.05, 0.1) is 0 Å². The fourth-order valence-corrected chi connectivity index (χ4v) is 1.73. The molecule has 0 aromatic carbocycles. The Morgan fingerprint density at radius 3 is 2.45 bits per heavy atom. The lowest BCUT2D eigenvalue weighted by Crippen LogP contribution is -1.98. The quantitative estimate of drug-likeness (QED) is 0.539. The molecule has 0 heteroatoms. The molecule has 0 amide bonds. The third kappa shape index (κ3) is 3.60. The highest BCUT2D eigenvalue weighted by molar-refractivity contribution is 4.86. The van der Waals surface area contributed by atoms with Crippen LogP contribution in [0, 0.1) is 12.3 Å². The highest BCUT2D eigenvalue weighted by Gasteiger charge is 2.07. The van der Waals surface area contributed by atoms with Crippen LogP contribution in [-0.4, -0.2) is 0 Å². The third-order valence-electron chi connectivity index (χ3n) is 2.51. The van der Waals surface area contributed by atoms with E-state index in [-0.39, 0.29) is 0 Å². The van der Waals surface area contributed by atoms with Crippen LogP contribution < -0.4 is 0 Å². The number of rotatable bonds is 3. The zero-order valence-electron chi connectivity index (χ0n) is 7.55. The zero-order valence-corrected chi connectivity index (χ0v) is 7.55. The topological polar surface area (TPSA) is 0 Å². The Labute approximate surface area is 70.7 Å². The van der Waals surface area contributed by atoms with Gasteiger partial charge in [-0.1, -0.05) is 31.9 Å². The van der Waals surface area contributed by atoms with Gasteiger partial charge in [-0.15, -0.1) is 0 Å². The van der Waals surface area contributed by atoms with Crippen molar-refractivity contribution in [3.8, 4) is 0 Å². The van der Waals surface area contributed by atoms with Crippen molar-refractivity contribution in [3.05, 3.63) is 18.6 Å². The van der Waals surface area contributed by atoms with E-state index < -0.39 is 0 Å². The lowest BCUT2D eigenvalue weighted by molar-refractivity contribution is 0.433. The molecule has 1 aliphatic carbocycles. The molecule has 0 atom stereocenters. The summed E-state index contributed by atoms with van der Waals surface area (Å²) < 4.78 is 0. The van der Waals surface area contributed by atoms with E-state index in [1.165, 1.54) is 38.5 Å². The van der Waals surface area contributed by atoms with Crippen molar-refractivity contribution in [2.75, 3.05) is 0 Å². The molecule has 0 aromatic rings. The van der Waals surface area contributed by atoms with Crippen LogP contribution in [0.1, 0.15) is 45.4 Å². The molecule has 0 unspecified atom stereocenters. The average Bonchev–Trinajstić information content (AvgIpc) is 2.28. The van der Waals surface area contributed by atoms with E-state index in [0.29, 0.717) is 0 Å². The van der Waals surface area contributed by atoms with Crippen molar-refractivity contribution in [2.24, 2.45) is 5.92 Å². The van der Waals surface area contributed by atoms with Crippen molar-refractivity contribution in [1.82, 2.24) is 0 Å². The minimum Gasteiger partial charge on any atom is -0.0885 e. The highest BCUT2D eigenvalue weighted by atomic mass is 14.1. The highest BCUT2D eigenvalue weighted by Crippen LogP contribution is 2.23. The van der Waals surface area contributed by atoms with Crippen molar-refractivity contribution in [1.29, 1.82) is 0 Å². The van der Waals surface area contributed by atoms with Crippen LogP contribution in [0.15, 0.2) is 12.2 Å². The predicted octanol–water partition coefficient (Wildman–Crippen LogP) is 3.74. The second-order valence-electron chi connectivity index (χ2n) is 3.48. The Kier molecular flexibility index (Phi) is 4.33. The summed E-state index contributed by atoms with van der Waals surface area (Å²) in [6.07, 6.45) is 15.2. The minimum atomic E-state index is 1.00. The van der Waals surface area contributed by atoms with Crippen LogP contribution in [-0.2, 0) is 0 Å². The van der Waals surface area contributed by atoms with E-state index in [0.717, 1.165) is 5.92 Å². The summed E-state index contributed by atoms with van der Waals surface area (Å²) in [5, 5.41) is 0. The van der Waals surface area contributed by atoms with Gasteiger partial charge in [0.25, 0.3) is 0 Å². The van der Waals surface area contributed by atoms with Gasteiger partial charge in [0.1, 0.15) is 0 Å². The Morgan fingerprint density at radius 1 is 1.27 bits per heavy atom. The molecule has 0 saturated heterocycles. The van der Waals surface area contributed by atoms with Gasteiger partial charge in [0, 0.05) is 0 Å². The Bertz CT molecular complexity index is 103. The van der Waals surface area contributed by atoms with E-state index >= 15 is 0 Å². The SMILES string of the molecule is C[CH]CCC1CCC=CCC1. The maximum Gasteiger partial charge on any atom is -0.0348 e. The first-order valence-corrected chi connectivity index (χ1v) is 4.86. The standard InChI is InChI=1S/C11H19/c1-2-3-8-11-9-6-4-5-7-10-11/h2,4-5,11H,3,6-10H2,1H3. The summed E-state index contributed by atoms with van der Waals surface area (Å²) in [5.41, 5.74) is 0. The molecule has 0 spiro atoms. The monoisotopic (exact) mass is 151 g/mol. The number of hydrogen-bond donors (Lipinski definition) is 0. The lowest BCUT2D eigenvalue weighted by Gasteiger charge is -2.12. The summed E-state index contributed by atoms with van der Waals surface area (Å²) in [7, 11) is 0. The normalized spacial score (nSPS) is 20.1. The van der Waals surface area contributed by atoms with Gasteiger partial charge >= 0.3 is 0 Å². The lowest BCUT2D eigenvalue weighted by atomic mass is 9.94. The summed E-state index contributed by atoms with van der Waals surface area (Å²) in [6.45, 7) is 2.16. The smallest absolute Gasteiger partial charge is 0.0348 e. The summed E-state index contributed by atoms with van der Waals surface area (Å²) in [6, 6.07) is 0. The van der Waals surface area contributed by atoms with Crippen LogP contribution in [0.2, 0.25) is 0 Å². The molecule has 1 radical (unpaired) electrons. The van der Waals surface area contributed by atoms with E-state index in [2.05, 4.69) is 25.5 Å². The van der Waals surface area contributed by atoms with Gasteiger partial charge < -0.3 is 0 Å². The molecule has 0 nitrogen and oxygen atoms in total. The second kappa shape index (κ2) is 5.40. The molecular formula is C11H19. The van der Waals surface area contributed by atoms with Crippen molar-refractivity contribution in [2.45, 2.75) is 45.4 Å². The average molecular weight is 151 g/mol. The second-order valence-corrected chi connectivity index (χ2v) is 3.48. The number of allylic oxidation sites excluding steroid dienone is 2. The molecule has 0 saturated carbocycles.